The van der Waals surface area contributed by atoms with Gasteiger partial charge in [-0.25, -0.2) is 4.79 Å². The lowest BCUT2D eigenvalue weighted by molar-refractivity contribution is 0.00752. The summed E-state index contributed by atoms with van der Waals surface area (Å²) in [5, 5.41) is 0. The molecular formula is C16H30N2O3. The minimum absolute atomic E-state index is 0.152. The zero-order valence-electron chi connectivity index (χ0n) is 14.0. The van der Waals surface area contributed by atoms with Gasteiger partial charge >= 0.3 is 6.09 Å². The van der Waals surface area contributed by atoms with E-state index in [1.54, 1.807) is 4.90 Å². The Morgan fingerprint density at radius 3 is 2.43 bits per heavy atom. The van der Waals surface area contributed by atoms with Gasteiger partial charge in [0.2, 0.25) is 0 Å². The minimum atomic E-state index is -0.441. The highest BCUT2D eigenvalue weighted by Crippen LogP contribution is 2.18. The van der Waals surface area contributed by atoms with Gasteiger partial charge in [-0.05, 0) is 46.6 Å². The summed E-state index contributed by atoms with van der Waals surface area (Å²) in [7, 11) is 0. The molecule has 1 amide bonds. The third-order valence-electron chi connectivity index (χ3n) is 3.20. The van der Waals surface area contributed by atoms with Crippen molar-refractivity contribution in [3.05, 3.63) is 11.8 Å². The standard InChI is InChI=1S/C16H30N2O3/c1-12(10-13(2)17)11-20-14-6-8-18(9-7-14)15(19)21-16(3,4)5/h11,13-14H,6-10,17H2,1-5H3/b12-11+. The molecule has 1 aliphatic rings. The molecule has 122 valence electrons. The smallest absolute Gasteiger partial charge is 0.410 e. The molecule has 0 aromatic carbocycles. The average Bonchev–Trinajstić information content (AvgIpc) is 2.34. The van der Waals surface area contributed by atoms with Crippen LogP contribution < -0.4 is 5.73 Å². The van der Waals surface area contributed by atoms with E-state index in [1.807, 2.05) is 40.9 Å². The lowest BCUT2D eigenvalue weighted by atomic mass is 10.1. The number of hydrogen-bond acceptors (Lipinski definition) is 4. The summed E-state index contributed by atoms with van der Waals surface area (Å²) in [5.41, 5.74) is 6.46. The molecule has 2 N–H and O–H groups in total. The third-order valence-corrected chi connectivity index (χ3v) is 3.20. The van der Waals surface area contributed by atoms with Crippen molar-refractivity contribution in [2.45, 2.75) is 71.6 Å². The molecule has 5 nitrogen and oxygen atoms in total. The van der Waals surface area contributed by atoms with Crippen LogP contribution in [0, 0.1) is 0 Å². The molecule has 21 heavy (non-hydrogen) atoms. The van der Waals surface area contributed by atoms with Crippen molar-refractivity contribution < 1.29 is 14.3 Å². The molecule has 1 aliphatic heterocycles. The molecule has 1 fully saturated rings. The quantitative estimate of drug-likeness (QED) is 0.810. The fourth-order valence-corrected chi connectivity index (χ4v) is 2.27. The number of carbonyl (C=O) groups is 1. The van der Waals surface area contributed by atoms with Crippen molar-refractivity contribution in [1.82, 2.24) is 4.90 Å². The van der Waals surface area contributed by atoms with E-state index < -0.39 is 5.60 Å². The summed E-state index contributed by atoms with van der Waals surface area (Å²) >= 11 is 0. The van der Waals surface area contributed by atoms with E-state index in [9.17, 15) is 4.79 Å². The average molecular weight is 298 g/mol. The maximum atomic E-state index is 11.9. The summed E-state index contributed by atoms with van der Waals surface area (Å²) in [6.45, 7) is 11.0. The summed E-state index contributed by atoms with van der Waals surface area (Å²) in [5.74, 6) is 0. The van der Waals surface area contributed by atoms with Crippen LogP contribution in [0.3, 0.4) is 0 Å². The summed E-state index contributed by atoms with van der Waals surface area (Å²) in [6, 6.07) is 0.152. The molecule has 0 bridgehead atoms. The number of rotatable bonds is 4. The number of ether oxygens (including phenoxy) is 2. The Morgan fingerprint density at radius 1 is 1.38 bits per heavy atom. The van der Waals surface area contributed by atoms with Crippen molar-refractivity contribution in [3.63, 3.8) is 0 Å². The van der Waals surface area contributed by atoms with Crippen LogP contribution in [0.15, 0.2) is 11.8 Å². The summed E-state index contributed by atoms with van der Waals surface area (Å²) in [6.07, 6.45) is 4.27. The first-order valence-corrected chi connectivity index (χ1v) is 7.72. The van der Waals surface area contributed by atoms with Crippen LogP contribution in [-0.2, 0) is 9.47 Å². The zero-order valence-corrected chi connectivity index (χ0v) is 14.0. The molecular weight excluding hydrogens is 268 g/mol. The number of nitrogens with zero attached hydrogens (tertiary/aromatic N) is 1. The molecule has 0 aliphatic carbocycles. The van der Waals surface area contributed by atoms with Crippen molar-refractivity contribution in [3.8, 4) is 0 Å². The van der Waals surface area contributed by atoms with Crippen molar-refractivity contribution in [2.75, 3.05) is 13.1 Å². The first kappa shape index (κ1) is 17.8. The maximum Gasteiger partial charge on any atom is 0.410 e. The molecule has 1 atom stereocenters. The number of nitrogens with two attached hydrogens (primary N) is 1. The number of likely N-dealkylation sites (tertiary alicyclic amines) is 1. The number of hydrogen-bond donors (Lipinski definition) is 1. The molecule has 0 aromatic heterocycles. The largest absolute Gasteiger partial charge is 0.498 e. The van der Waals surface area contributed by atoms with E-state index >= 15 is 0 Å². The predicted octanol–water partition coefficient (Wildman–Crippen LogP) is 3.04. The van der Waals surface area contributed by atoms with Crippen molar-refractivity contribution >= 4 is 6.09 Å². The van der Waals surface area contributed by atoms with Gasteiger partial charge in [-0.2, -0.15) is 0 Å². The van der Waals surface area contributed by atoms with Crippen LogP contribution >= 0.6 is 0 Å². The Hall–Kier alpha value is -1.23. The van der Waals surface area contributed by atoms with Gasteiger partial charge in [0, 0.05) is 32.0 Å². The lowest BCUT2D eigenvalue weighted by Gasteiger charge is -2.33. The topological polar surface area (TPSA) is 64.8 Å². The van der Waals surface area contributed by atoms with Gasteiger partial charge < -0.3 is 20.1 Å². The monoisotopic (exact) mass is 298 g/mol. The van der Waals surface area contributed by atoms with E-state index in [1.165, 1.54) is 0 Å². The first-order chi connectivity index (χ1) is 9.67. The molecule has 0 radical (unpaired) electrons. The molecule has 0 aromatic rings. The highest BCUT2D eigenvalue weighted by atomic mass is 16.6. The van der Waals surface area contributed by atoms with Crippen LogP contribution in [0.4, 0.5) is 4.79 Å². The van der Waals surface area contributed by atoms with Gasteiger partial charge in [-0.3, -0.25) is 0 Å². The molecule has 1 unspecified atom stereocenters. The fraction of sp³-hybridized carbons (Fsp3) is 0.812. The minimum Gasteiger partial charge on any atom is -0.498 e. The van der Waals surface area contributed by atoms with Crippen molar-refractivity contribution in [1.29, 1.82) is 0 Å². The van der Waals surface area contributed by atoms with Crippen LogP contribution in [0.25, 0.3) is 0 Å². The van der Waals surface area contributed by atoms with Crippen LogP contribution in [-0.4, -0.2) is 41.8 Å². The van der Waals surface area contributed by atoms with E-state index in [0.717, 1.165) is 24.8 Å². The lowest BCUT2D eigenvalue weighted by Crippen LogP contribution is -2.43. The predicted molar refractivity (Wildman–Crippen MR) is 83.9 cm³/mol. The SMILES string of the molecule is C/C(=C\OC1CCN(C(=O)OC(C)(C)C)CC1)CC(C)N. The van der Waals surface area contributed by atoms with Crippen LogP contribution in [0.5, 0.6) is 0 Å². The van der Waals surface area contributed by atoms with Gasteiger partial charge in [0.1, 0.15) is 11.7 Å². The number of carbonyl (C=O) groups excluding carboxylic acids is 1. The summed E-state index contributed by atoms with van der Waals surface area (Å²) in [4.78, 5) is 13.7. The van der Waals surface area contributed by atoms with E-state index in [2.05, 4.69) is 0 Å². The second kappa shape index (κ2) is 7.69. The molecule has 0 spiro atoms. The van der Waals surface area contributed by atoms with Crippen LogP contribution in [0.1, 0.15) is 53.9 Å². The number of amides is 1. The normalized spacial score (nSPS) is 19.3. The molecule has 1 saturated heterocycles. The first-order valence-electron chi connectivity index (χ1n) is 7.72. The van der Waals surface area contributed by atoms with E-state index in [-0.39, 0.29) is 18.2 Å². The van der Waals surface area contributed by atoms with E-state index in [0.29, 0.717) is 13.1 Å². The van der Waals surface area contributed by atoms with Gasteiger partial charge in [-0.15, -0.1) is 0 Å². The van der Waals surface area contributed by atoms with Gasteiger partial charge in [0.25, 0.3) is 0 Å². The Kier molecular flexibility index (Phi) is 6.52. The third kappa shape index (κ3) is 7.37. The van der Waals surface area contributed by atoms with Gasteiger partial charge in [-0.1, -0.05) is 0 Å². The Morgan fingerprint density at radius 2 is 1.95 bits per heavy atom. The zero-order chi connectivity index (χ0) is 16.0. The molecule has 1 heterocycles. The van der Waals surface area contributed by atoms with E-state index in [4.69, 9.17) is 15.2 Å². The van der Waals surface area contributed by atoms with Gasteiger partial charge in [0.15, 0.2) is 0 Å². The maximum absolute atomic E-state index is 11.9. The summed E-state index contributed by atoms with van der Waals surface area (Å²) < 4.78 is 11.2. The Balaban J connectivity index is 2.34. The fourth-order valence-electron chi connectivity index (χ4n) is 2.27. The highest BCUT2D eigenvalue weighted by Gasteiger charge is 2.27. The second-order valence-corrected chi connectivity index (χ2v) is 6.95. The van der Waals surface area contributed by atoms with Crippen LogP contribution in [0.2, 0.25) is 0 Å². The molecule has 1 rings (SSSR count). The second-order valence-electron chi connectivity index (χ2n) is 6.95. The molecule has 0 saturated carbocycles. The Bertz CT molecular complexity index is 364. The molecule has 5 heteroatoms. The number of piperidine rings is 1. The Labute approximate surface area is 128 Å². The highest BCUT2D eigenvalue weighted by molar-refractivity contribution is 5.68. The van der Waals surface area contributed by atoms with Crippen molar-refractivity contribution in [2.24, 2.45) is 5.73 Å². The van der Waals surface area contributed by atoms with Gasteiger partial charge in [0.05, 0.1) is 6.26 Å².